The Hall–Kier alpha value is -1.82. The lowest BCUT2D eigenvalue weighted by Crippen LogP contribution is -2.45. The monoisotopic (exact) mass is 369 g/mol. The molecule has 1 fully saturated rings. The van der Waals surface area contributed by atoms with Crippen LogP contribution in [-0.4, -0.2) is 35.6 Å². The predicted molar refractivity (Wildman–Crippen MR) is 94.5 cm³/mol. The van der Waals surface area contributed by atoms with E-state index in [0.717, 1.165) is 6.07 Å². The number of piperidine rings is 1. The molecule has 0 aliphatic carbocycles. The topological polar surface area (TPSA) is 40.5 Å². The number of carbonyl (C=O) groups excluding carboxylic acids is 1. The molecule has 1 aliphatic heterocycles. The van der Waals surface area contributed by atoms with Gasteiger partial charge in [0.05, 0.1) is 5.56 Å². The van der Waals surface area contributed by atoms with E-state index in [9.17, 15) is 23.1 Å². The summed E-state index contributed by atoms with van der Waals surface area (Å²) in [5.74, 6) is 0.195. The molecular weight excluding hydrogens is 343 g/mol. The minimum atomic E-state index is -4.41. The van der Waals surface area contributed by atoms with Crippen LogP contribution >= 0.6 is 0 Å². The molecule has 2 rings (SSSR count). The van der Waals surface area contributed by atoms with Gasteiger partial charge in [0.2, 0.25) is 5.91 Å². The summed E-state index contributed by atoms with van der Waals surface area (Å²) in [4.78, 5) is 13.9. The second kappa shape index (κ2) is 8.25. The lowest BCUT2D eigenvalue weighted by Gasteiger charge is -2.41. The van der Waals surface area contributed by atoms with Crippen molar-refractivity contribution in [3.8, 4) is 0 Å². The largest absolute Gasteiger partial charge is 0.416 e. The summed E-state index contributed by atoms with van der Waals surface area (Å²) in [6, 6.07) is 5.52. The van der Waals surface area contributed by atoms with Crippen LogP contribution in [0.3, 0.4) is 0 Å². The molecule has 0 spiro atoms. The van der Waals surface area contributed by atoms with Gasteiger partial charge in [0, 0.05) is 25.1 Å². The smallest absolute Gasteiger partial charge is 0.396 e. The molecule has 0 aromatic heterocycles. The Labute approximate surface area is 152 Å². The van der Waals surface area contributed by atoms with E-state index in [0.29, 0.717) is 25.9 Å². The SMILES string of the molecule is CC(C)/C=C/C(=O)N1CCC(CO)(Cc2ccccc2C(F)(F)F)CC1. The molecule has 0 unspecified atom stereocenters. The Morgan fingerprint density at radius 2 is 1.88 bits per heavy atom. The van der Waals surface area contributed by atoms with Gasteiger partial charge in [-0.2, -0.15) is 13.2 Å². The van der Waals surface area contributed by atoms with Gasteiger partial charge in [-0.3, -0.25) is 4.79 Å². The van der Waals surface area contributed by atoms with Gasteiger partial charge < -0.3 is 10.0 Å². The van der Waals surface area contributed by atoms with E-state index in [2.05, 4.69) is 0 Å². The predicted octanol–water partition coefficient (Wildman–Crippen LogP) is 4.06. The molecule has 0 saturated carbocycles. The first kappa shape index (κ1) is 20.5. The third-order valence-electron chi connectivity index (χ3n) is 4.98. The van der Waals surface area contributed by atoms with Gasteiger partial charge in [0.15, 0.2) is 0 Å². The van der Waals surface area contributed by atoms with Gasteiger partial charge in [-0.1, -0.05) is 38.1 Å². The standard InChI is InChI=1S/C20H26F3NO2/c1-15(2)7-8-18(26)24-11-9-19(14-25,10-12-24)13-16-5-3-4-6-17(16)20(21,22)23/h3-8,15,25H,9-14H2,1-2H3/b8-7+. The number of likely N-dealkylation sites (tertiary alicyclic amines) is 1. The highest BCUT2D eigenvalue weighted by atomic mass is 19.4. The zero-order chi connectivity index (χ0) is 19.4. The molecule has 1 aromatic rings. The molecule has 0 radical (unpaired) electrons. The second-order valence-electron chi connectivity index (χ2n) is 7.42. The van der Waals surface area contributed by atoms with Crippen LogP contribution in [-0.2, 0) is 17.4 Å². The van der Waals surface area contributed by atoms with Crippen molar-refractivity contribution in [1.82, 2.24) is 4.90 Å². The van der Waals surface area contributed by atoms with Crippen LogP contribution in [0, 0.1) is 11.3 Å². The number of amides is 1. The highest BCUT2D eigenvalue weighted by molar-refractivity contribution is 5.87. The molecule has 26 heavy (non-hydrogen) atoms. The van der Waals surface area contributed by atoms with Crippen molar-refractivity contribution in [3.63, 3.8) is 0 Å². The molecule has 0 bridgehead atoms. The van der Waals surface area contributed by atoms with Gasteiger partial charge in [0.1, 0.15) is 0 Å². The van der Waals surface area contributed by atoms with E-state index in [4.69, 9.17) is 0 Å². The maximum atomic E-state index is 13.2. The normalized spacial score (nSPS) is 17.9. The zero-order valence-electron chi connectivity index (χ0n) is 15.2. The van der Waals surface area contributed by atoms with E-state index >= 15 is 0 Å². The van der Waals surface area contributed by atoms with Crippen LogP contribution in [0.25, 0.3) is 0 Å². The first-order valence-corrected chi connectivity index (χ1v) is 8.90. The third kappa shape index (κ3) is 5.10. The minimum absolute atomic E-state index is 0.0825. The van der Waals surface area contributed by atoms with E-state index in [-0.39, 0.29) is 30.4 Å². The number of carbonyl (C=O) groups is 1. The molecule has 1 amide bonds. The maximum absolute atomic E-state index is 13.2. The highest BCUT2D eigenvalue weighted by Gasteiger charge is 2.39. The minimum Gasteiger partial charge on any atom is -0.396 e. The first-order chi connectivity index (χ1) is 12.2. The summed E-state index contributed by atoms with van der Waals surface area (Å²) in [5, 5.41) is 9.90. The summed E-state index contributed by atoms with van der Waals surface area (Å²) in [5.41, 5.74) is -1.07. The van der Waals surface area contributed by atoms with Gasteiger partial charge in [0.25, 0.3) is 0 Å². The summed E-state index contributed by atoms with van der Waals surface area (Å²) in [6.07, 6.45) is 0.0911. The van der Waals surface area contributed by atoms with Gasteiger partial charge in [-0.25, -0.2) is 0 Å². The Bertz CT molecular complexity index is 645. The molecular formula is C20H26F3NO2. The van der Waals surface area contributed by atoms with E-state index < -0.39 is 17.2 Å². The number of rotatable bonds is 5. The summed E-state index contributed by atoms with van der Waals surface area (Å²) in [7, 11) is 0. The quantitative estimate of drug-likeness (QED) is 0.795. The van der Waals surface area contributed by atoms with Crippen LogP contribution in [0.4, 0.5) is 13.2 Å². The van der Waals surface area contributed by atoms with E-state index in [1.54, 1.807) is 17.0 Å². The van der Waals surface area contributed by atoms with Gasteiger partial charge >= 0.3 is 6.18 Å². The number of aliphatic hydroxyl groups is 1. The number of benzene rings is 1. The van der Waals surface area contributed by atoms with Crippen molar-refractivity contribution in [2.75, 3.05) is 19.7 Å². The zero-order valence-corrected chi connectivity index (χ0v) is 15.2. The average molecular weight is 369 g/mol. The average Bonchev–Trinajstić information content (AvgIpc) is 2.59. The van der Waals surface area contributed by atoms with E-state index in [1.807, 2.05) is 19.9 Å². The van der Waals surface area contributed by atoms with Crippen molar-refractivity contribution in [2.45, 2.75) is 39.3 Å². The van der Waals surface area contributed by atoms with Crippen molar-refractivity contribution < 1.29 is 23.1 Å². The molecule has 0 atom stereocenters. The Balaban J connectivity index is 2.10. The molecule has 1 aromatic carbocycles. The number of alkyl halides is 3. The molecule has 1 N–H and O–H groups in total. The van der Waals surface area contributed by atoms with Crippen LogP contribution in [0.15, 0.2) is 36.4 Å². The van der Waals surface area contributed by atoms with Crippen LogP contribution in [0.2, 0.25) is 0 Å². The fraction of sp³-hybridized carbons (Fsp3) is 0.550. The number of allylic oxidation sites excluding steroid dienone is 1. The van der Waals surface area contributed by atoms with Crippen molar-refractivity contribution in [1.29, 1.82) is 0 Å². The van der Waals surface area contributed by atoms with Crippen molar-refractivity contribution in [3.05, 3.63) is 47.5 Å². The lowest BCUT2D eigenvalue weighted by molar-refractivity contribution is -0.138. The number of hydrogen-bond acceptors (Lipinski definition) is 2. The summed E-state index contributed by atoms with van der Waals surface area (Å²) in [6.45, 7) is 4.65. The fourth-order valence-corrected chi connectivity index (χ4v) is 3.33. The maximum Gasteiger partial charge on any atom is 0.416 e. The van der Waals surface area contributed by atoms with E-state index in [1.165, 1.54) is 12.1 Å². The van der Waals surface area contributed by atoms with Gasteiger partial charge in [-0.15, -0.1) is 0 Å². The summed E-state index contributed by atoms with van der Waals surface area (Å²) >= 11 is 0. The first-order valence-electron chi connectivity index (χ1n) is 8.90. The molecule has 1 aliphatic rings. The molecule has 1 heterocycles. The Morgan fingerprint density at radius 1 is 1.27 bits per heavy atom. The van der Waals surface area contributed by atoms with Crippen molar-refractivity contribution in [2.24, 2.45) is 11.3 Å². The second-order valence-corrected chi connectivity index (χ2v) is 7.42. The Kier molecular flexibility index (Phi) is 6.50. The molecule has 6 heteroatoms. The number of aliphatic hydroxyl groups excluding tert-OH is 1. The molecule has 1 saturated heterocycles. The summed E-state index contributed by atoms with van der Waals surface area (Å²) < 4.78 is 39.7. The Morgan fingerprint density at radius 3 is 2.42 bits per heavy atom. The number of hydrogen-bond donors (Lipinski definition) is 1. The van der Waals surface area contributed by atoms with Crippen molar-refractivity contribution >= 4 is 5.91 Å². The van der Waals surface area contributed by atoms with Gasteiger partial charge in [-0.05, 0) is 42.9 Å². The number of nitrogens with zero attached hydrogens (tertiary/aromatic N) is 1. The molecule has 144 valence electrons. The van der Waals surface area contributed by atoms with Crippen LogP contribution in [0.5, 0.6) is 0 Å². The highest BCUT2D eigenvalue weighted by Crippen LogP contribution is 2.39. The lowest BCUT2D eigenvalue weighted by atomic mass is 9.73. The fourth-order valence-electron chi connectivity index (χ4n) is 3.33. The third-order valence-corrected chi connectivity index (χ3v) is 4.98. The number of halogens is 3. The van der Waals surface area contributed by atoms with Crippen LogP contribution < -0.4 is 0 Å². The van der Waals surface area contributed by atoms with Crippen LogP contribution in [0.1, 0.15) is 37.8 Å². The molecule has 3 nitrogen and oxygen atoms in total.